The molecule has 0 fully saturated rings. The SMILES string of the molecule is CCCCCCCCC1(CCCCCCCC)c2cc(/C=C(\C#N)C(=O)O)sc2-c2sc(-c3ccc(-c4ccc5c(c4)C(C)(C)c4cc(N(c6ccccc6)c6ccccc6)ccc4-5)s3)cc21. The maximum Gasteiger partial charge on any atom is 0.346 e. The summed E-state index contributed by atoms with van der Waals surface area (Å²) in [4.78, 5) is 21.7. The molecule has 3 heterocycles. The van der Waals surface area contributed by atoms with Crippen molar-refractivity contribution in [3.8, 4) is 47.1 Å². The molecule has 4 aromatic carbocycles. The molecule has 0 bridgehead atoms. The van der Waals surface area contributed by atoms with E-state index in [4.69, 9.17) is 0 Å². The average molecular weight is 939 g/mol. The zero-order valence-corrected chi connectivity index (χ0v) is 41.9. The van der Waals surface area contributed by atoms with Crippen molar-refractivity contribution in [1.29, 1.82) is 5.26 Å². The van der Waals surface area contributed by atoms with Crippen LogP contribution in [0.2, 0.25) is 0 Å². The first-order valence-corrected chi connectivity index (χ1v) is 27.1. The Kier molecular flexibility index (Phi) is 14.2. The van der Waals surface area contributed by atoms with Crippen LogP contribution in [0.3, 0.4) is 0 Å². The minimum Gasteiger partial charge on any atom is -0.477 e. The largest absolute Gasteiger partial charge is 0.477 e. The number of para-hydroxylation sites is 2. The molecule has 342 valence electrons. The number of hydrogen-bond acceptors (Lipinski definition) is 6. The van der Waals surface area contributed by atoms with Crippen LogP contribution >= 0.6 is 34.0 Å². The quantitative estimate of drug-likeness (QED) is 0.0443. The lowest BCUT2D eigenvalue weighted by molar-refractivity contribution is -0.132. The molecular formula is C60H62N2O2S3. The summed E-state index contributed by atoms with van der Waals surface area (Å²) in [6, 6.07) is 46.7. The summed E-state index contributed by atoms with van der Waals surface area (Å²) in [5.74, 6) is -1.17. The van der Waals surface area contributed by atoms with E-state index in [0.29, 0.717) is 0 Å². The fourth-order valence-corrected chi connectivity index (χ4v) is 14.5. The molecule has 0 radical (unpaired) electrons. The van der Waals surface area contributed by atoms with Gasteiger partial charge in [-0.1, -0.05) is 159 Å². The molecule has 67 heavy (non-hydrogen) atoms. The van der Waals surface area contributed by atoms with Gasteiger partial charge in [-0.25, -0.2) is 4.79 Å². The second-order valence-corrected chi connectivity index (χ2v) is 22.3. The van der Waals surface area contributed by atoms with E-state index < -0.39 is 5.97 Å². The number of carbonyl (C=O) groups is 1. The second kappa shape index (κ2) is 20.4. The Labute approximate surface area is 410 Å². The molecule has 0 atom stereocenters. The number of anilines is 3. The minimum atomic E-state index is -1.17. The van der Waals surface area contributed by atoms with Crippen molar-refractivity contribution in [2.24, 2.45) is 0 Å². The Morgan fingerprint density at radius 3 is 1.75 bits per heavy atom. The van der Waals surface area contributed by atoms with Crippen LogP contribution in [-0.4, -0.2) is 11.1 Å². The Morgan fingerprint density at radius 1 is 0.582 bits per heavy atom. The van der Waals surface area contributed by atoms with Crippen molar-refractivity contribution in [3.05, 3.63) is 154 Å². The van der Waals surface area contributed by atoms with E-state index in [1.165, 1.54) is 140 Å². The van der Waals surface area contributed by atoms with Gasteiger partial charge in [-0.05, 0) is 125 Å². The highest BCUT2D eigenvalue weighted by Gasteiger charge is 2.45. The van der Waals surface area contributed by atoms with E-state index in [2.05, 4.69) is 154 Å². The van der Waals surface area contributed by atoms with Gasteiger partial charge in [0.2, 0.25) is 0 Å². The first-order valence-electron chi connectivity index (χ1n) is 24.6. The lowest BCUT2D eigenvalue weighted by Crippen LogP contribution is -2.25. The summed E-state index contributed by atoms with van der Waals surface area (Å²) < 4.78 is 0. The Bertz CT molecular complexity index is 2870. The number of nitrogens with zero attached hydrogens (tertiary/aromatic N) is 2. The summed E-state index contributed by atoms with van der Waals surface area (Å²) in [5, 5.41) is 19.5. The third kappa shape index (κ3) is 9.26. The number of benzene rings is 4. The molecule has 9 rings (SSSR count). The minimum absolute atomic E-state index is 0.118. The molecule has 7 aromatic rings. The van der Waals surface area contributed by atoms with Gasteiger partial charge in [0.15, 0.2) is 0 Å². The molecule has 2 aliphatic rings. The van der Waals surface area contributed by atoms with Gasteiger partial charge in [0.05, 0.1) is 0 Å². The van der Waals surface area contributed by atoms with Crippen LogP contribution in [0.4, 0.5) is 17.1 Å². The van der Waals surface area contributed by atoms with Crippen LogP contribution in [0.1, 0.15) is 145 Å². The third-order valence-corrected chi connectivity index (χ3v) is 18.1. The van der Waals surface area contributed by atoms with Crippen molar-refractivity contribution in [2.45, 2.75) is 128 Å². The number of hydrogen-bond donors (Lipinski definition) is 1. The number of aliphatic carboxylic acids is 1. The van der Waals surface area contributed by atoms with Crippen LogP contribution in [0.5, 0.6) is 0 Å². The van der Waals surface area contributed by atoms with Gasteiger partial charge in [-0.2, -0.15) is 5.26 Å². The molecule has 0 unspecified atom stereocenters. The fourth-order valence-electron chi connectivity index (χ4n) is 10.8. The van der Waals surface area contributed by atoms with Gasteiger partial charge in [0.1, 0.15) is 11.6 Å². The molecule has 2 aliphatic carbocycles. The normalized spacial score (nSPS) is 14.0. The first kappa shape index (κ1) is 46.6. The van der Waals surface area contributed by atoms with Gasteiger partial charge in [-0.15, -0.1) is 34.0 Å². The van der Waals surface area contributed by atoms with Gasteiger partial charge in [-0.3, -0.25) is 0 Å². The van der Waals surface area contributed by atoms with Gasteiger partial charge >= 0.3 is 5.97 Å². The van der Waals surface area contributed by atoms with E-state index >= 15 is 0 Å². The molecule has 0 saturated carbocycles. The predicted octanol–water partition coefficient (Wildman–Crippen LogP) is 18.7. The zero-order valence-electron chi connectivity index (χ0n) is 39.5. The summed E-state index contributed by atoms with van der Waals surface area (Å²) >= 11 is 5.45. The van der Waals surface area contributed by atoms with Gasteiger partial charge in [0, 0.05) is 57.2 Å². The van der Waals surface area contributed by atoms with E-state index in [0.717, 1.165) is 34.8 Å². The van der Waals surface area contributed by atoms with Crippen LogP contribution in [-0.2, 0) is 15.6 Å². The maximum atomic E-state index is 12.0. The average Bonchev–Trinajstić information content (AvgIpc) is 4.18. The third-order valence-electron chi connectivity index (χ3n) is 14.4. The topological polar surface area (TPSA) is 64.3 Å². The molecule has 0 aliphatic heterocycles. The van der Waals surface area contributed by atoms with E-state index in [1.807, 2.05) is 28.7 Å². The summed E-state index contributed by atoms with van der Waals surface area (Å²) in [6.07, 6.45) is 18.8. The molecule has 0 saturated heterocycles. The summed E-state index contributed by atoms with van der Waals surface area (Å²) in [7, 11) is 0. The molecule has 1 N–H and O–H groups in total. The predicted molar refractivity (Wildman–Crippen MR) is 287 cm³/mol. The van der Waals surface area contributed by atoms with Crippen molar-refractivity contribution < 1.29 is 9.90 Å². The smallest absolute Gasteiger partial charge is 0.346 e. The molecule has 7 heteroatoms. The number of carboxylic acids is 1. The van der Waals surface area contributed by atoms with Crippen molar-refractivity contribution in [2.75, 3.05) is 4.90 Å². The van der Waals surface area contributed by atoms with Crippen LogP contribution in [0.15, 0.2) is 127 Å². The highest BCUT2D eigenvalue weighted by Crippen LogP contribution is 2.61. The first-order chi connectivity index (χ1) is 32.7. The molecule has 0 amide bonds. The maximum absolute atomic E-state index is 12.0. The molecule has 4 nitrogen and oxygen atoms in total. The highest BCUT2D eigenvalue weighted by atomic mass is 32.1. The van der Waals surface area contributed by atoms with E-state index in [9.17, 15) is 15.2 Å². The van der Waals surface area contributed by atoms with Gasteiger partial charge in [0.25, 0.3) is 0 Å². The van der Waals surface area contributed by atoms with Gasteiger partial charge < -0.3 is 10.0 Å². The summed E-state index contributed by atoms with van der Waals surface area (Å²) in [6.45, 7) is 9.30. The van der Waals surface area contributed by atoms with Crippen LogP contribution in [0, 0.1) is 11.3 Å². The number of thiophene rings is 3. The lowest BCUT2D eigenvalue weighted by atomic mass is 9.71. The Hall–Kier alpha value is -5.52. The Balaban J connectivity index is 1.04. The zero-order chi connectivity index (χ0) is 46.5. The number of nitriles is 1. The van der Waals surface area contributed by atoms with Crippen molar-refractivity contribution >= 4 is 63.1 Å². The van der Waals surface area contributed by atoms with E-state index in [-0.39, 0.29) is 16.4 Å². The number of rotatable bonds is 21. The Morgan fingerprint density at radius 2 is 1.13 bits per heavy atom. The van der Waals surface area contributed by atoms with Crippen molar-refractivity contribution in [3.63, 3.8) is 0 Å². The van der Waals surface area contributed by atoms with E-state index in [1.54, 1.807) is 17.4 Å². The second-order valence-electron chi connectivity index (χ2n) is 19.1. The van der Waals surface area contributed by atoms with Crippen LogP contribution in [0.25, 0.3) is 47.2 Å². The summed E-state index contributed by atoms with van der Waals surface area (Å²) in [5.41, 5.74) is 12.3. The number of carboxylic acid groups (broad SMARTS) is 1. The monoisotopic (exact) mass is 938 g/mol. The van der Waals surface area contributed by atoms with Crippen molar-refractivity contribution in [1.82, 2.24) is 0 Å². The standard InChI is InChI=1S/C60H62N2O2S3/c1-5-7-9-11-13-21-33-60(34-22-14-12-10-8-6-2)51-38-46(35-42(40-61)58(63)64)65-56(51)57-52(60)39-55(67-57)54-32-31-53(66-54)41-27-29-47-48-30-28-45(37-50(48)59(3,4)49(47)36-41)62(43-23-17-15-18-24-43)44-25-19-16-20-26-44/h15-20,23-32,35-39H,5-14,21-22,33-34H2,1-4H3,(H,63,64)/b42-35+. The molecule has 3 aromatic heterocycles. The number of unbranched alkanes of at least 4 members (excludes halogenated alkanes) is 10. The fraction of sp³-hybridized carbons (Fsp3) is 0.333. The van der Waals surface area contributed by atoms with Crippen LogP contribution < -0.4 is 4.90 Å². The number of fused-ring (bicyclic) bond motifs is 6. The molecule has 0 spiro atoms. The highest BCUT2D eigenvalue weighted by molar-refractivity contribution is 7.27. The lowest BCUT2D eigenvalue weighted by Gasteiger charge is -2.31. The molecular weight excluding hydrogens is 877 g/mol.